The molecule has 1 rings (SSSR count). The van der Waals surface area contributed by atoms with Crippen LogP contribution in [0.15, 0.2) is 18.2 Å². The average molecular weight is 192 g/mol. The first-order valence-corrected chi connectivity index (χ1v) is 4.98. The predicted octanol–water partition coefficient (Wildman–Crippen LogP) is 1.86. The van der Waals surface area contributed by atoms with Crippen LogP contribution in [0.5, 0.6) is 0 Å². The normalized spacial score (nSPS) is 13.3. The molecule has 0 radical (unpaired) electrons. The third kappa shape index (κ3) is 2.82. The van der Waals surface area contributed by atoms with Gasteiger partial charge in [0.05, 0.1) is 0 Å². The van der Waals surface area contributed by atoms with Crippen molar-refractivity contribution in [2.24, 2.45) is 5.73 Å². The van der Waals surface area contributed by atoms with Gasteiger partial charge in [0.15, 0.2) is 0 Å². The van der Waals surface area contributed by atoms with Crippen molar-refractivity contribution < 1.29 is 0 Å². The van der Waals surface area contributed by atoms with E-state index in [9.17, 15) is 0 Å². The molecule has 2 N–H and O–H groups in total. The number of nitrogens with two attached hydrogens (primary N) is 1. The number of benzene rings is 1. The quantitative estimate of drug-likeness (QED) is 0.792. The zero-order chi connectivity index (χ0) is 10.7. The highest BCUT2D eigenvalue weighted by Crippen LogP contribution is 2.15. The Morgan fingerprint density at radius 3 is 2.36 bits per heavy atom. The van der Waals surface area contributed by atoms with E-state index in [4.69, 9.17) is 5.73 Å². The maximum absolute atomic E-state index is 6.07. The molecular weight excluding hydrogens is 172 g/mol. The monoisotopic (exact) mass is 192 g/mol. The molecule has 2 nitrogen and oxygen atoms in total. The fourth-order valence-corrected chi connectivity index (χ4v) is 1.49. The molecule has 0 aliphatic rings. The molecule has 0 saturated heterocycles. The van der Waals surface area contributed by atoms with Gasteiger partial charge in [-0.15, -0.1) is 0 Å². The van der Waals surface area contributed by atoms with Crippen molar-refractivity contribution in [3.63, 3.8) is 0 Å². The summed E-state index contributed by atoms with van der Waals surface area (Å²) in [6, 6.07) is 6.56. The first-order valence-electron chi connectivity index (χ1n) is 4.98. The summed E-state index contributed by atoms with van der Waals surface area (Å²) in [6.45, 7) is 5.14. The summed E-state index contributed by atoms with van der Waals surface area (Å²) in [5.74, 6) is 0. The number of hydrogen-bond donors (Lipinski definition) is 1. The molecule has 0 aliphatic heterocycles. The van der Waals surface area contributed by atoms with Gasteiger partial charge in [-0.25, -0.2) is 0 Å². The lowest BCUT2D eigenvalue weighted by Gasteiger charge is -2.18. The van der Waals surface area contributed by atoms with E-state index in [1.54, 1.807) is 0 Å². The topological polar surface area (TPSA) is 29.3 Å². The maximum atomic E-state index is 6.07. The Bertz CT molecular complexity index is 305. The molecule has 0 heterocycles. The van der Waals surface area contributed by atoms with Crippen LogP contribution in [0, 0.1) is 13.8 Å². The van der Waals surface area contributed by atoms with E-state index in [-0.39, 0.29) is 6.04 Å². The van der Waals surface area contributed by atoms with Crippen LogP contribution in [0.3, 0.4) is 0 Å². The van der Waals surface area contributed by atoms with Crippen LogP contribution in [0.25, 0.3) is 0 Å². The summed E-state index contributed by atoms with van der Waals surface area (Å²) >= 11 is 0. The largest absolute Gasteiger partial charge is 0.323 e. The van der Waals surface area contributed by atoms with Gasteiger partial charge in [0, 0.05) is 12.6 Å². The van der Waals surface area contributed by atoms with Crippen LogP contribution in [0.4, 0.5) is 0 Å². The molecule has 1 aromatic carbocycles. The molecule has 1 aromatic rings. The van der Waals surface area contributed by atoms with E-state index in [2.05, 4.69) is 36.9 Å². The second-order valence-electron chi connectivity index (χ2n) is 4.21. The molecule has 78 valence electrons. The van der Waals surface area contributed by atoms with Crippen LogP contribution in [0.1, 0.15) is 22.7 Å². The second kappa shape index (κ2) is 4.58. The minimum atomic E-state index is 0.115. The fourth-order valence-electron chi connectivity index (χ4n) is 1.49. The minimum absolute atomic E-state index is 0.115. The van der Waals surface area contributed by atoms with Gasteiger partial charge in [-0.3, -0.25) is 0 Å². The third-order valence-corrected chi connectivity index (χ3v) is 2.52. The Balaban J connectivity index is 2.80. The first-order chi connectivity index (χ1) is 6.50. The molecule has 14 heavy (non-hydrogen) atoms. The number of aryl methyl sites for hydroxylation is 2. The van der Waals surface area contributed by atoms with Gasteiger partial charge in [-0.05, 0) is 44.6 Å². The third-order valence-electron chi connectivity index (χ3n) is 2.52. The standard InChI is InChI=1S/C12H20N2/c1-9-5-6-11(7-10(9)2)12(13)8-14(3)4/h5-7,12H,8,13H2,1-4H3. The number of likely N-dealkylation sites (N-methyl/N-ethyl adjacent to an activating group) is 1. The summed E-state index contributed by atoms with van der Waals surface area (Å²) < 4.78 is 0. The summed E-state index contributed by atoms with van der Waals surface area (Å²) in [6.07, 6.45) is 0. The number of hydrogen-bond acceptors (Lipinski definition) is 2. The molecule has 0 bridgehead atoms. The highest BCUT2D eigenvalue weighted by molar-refractivity contribution is 5.31. The minimum Gasteiger partial charge on any atom is -0.323 e. The van der Waals surface area contributed by atoms with E-state index in [1.807, 2.05) is 14.1 Å². The van der Waals surface area contributed by atoms with Crippen LogP contribution in [0.2, 0.25) is 0 Å². The molecule has 2 heteroatoms. The SMILES string of the molecule is Cc1ccc(C(N)CN(C)C)cc1C. The van der Waals surface area contributed by atoms with Gasteiger partial charge >= 0.3 is 0 Å². The zero-order valence-corrected chi connectivity index (χ0v) is 9.54. The van der Waals surface area contributed by atoms with Crippen molar-refractivity contribution in [2.75, 3.05) is 20.6 Å². The lowest BCUT2D eigenvalue weighted by molar-refractivity contribution is 0.376. The van der Waals surface area contributed by atoms with E-state index in [1.165, 1.54) is 16.7 Å². The Morgan fingerprint density at radius 2 is 1.86 bits per heavy atom. The molecule has 1 unspecified atom stereocenters. The maximum Gasteiger partial charge on any atom is 0.0424 e. The average Bonchev–Trinajstić information content (AvgIpc) is 2.08. The summed E-state index contributed by atoms with van der Waals surface area (Å²) in [5.41, 5.74) is 9.94. The van der Waals surface area contributed by atoms with Gasteiger partial charge < -0.3 is 10.6 Å². The van der Waals surface area contributed by atoms with Gasteiger partial charge in [0.25, 0.3) is 0 Å². The smallest absolute Gasteiger partial charge is 0.0424 e. The van der Waals surface area contributed by atoms with E-state index in [0.29, 0.717) is 0 Å². The molecular formula is C12H20N2. The number of nitrogens with zero attached hydrogens (tertiary/aromatic N) is 1. The van der Waals surface area contributed by atoms with Gasteiger partial charge in [-0.2, -0.15) is 0 Å². The van der Waals surface area contributed by atoms with Crippen LogP contribution >= 0.6 is 0 Å². The first kappa shape index (κ1) is 11.2. The zero-order valence-electron chi connectivity index (χ0n) is 9.54. The molecule has 0 aliphatic carbocycles. The number of rotatable bonds is 3. The van der Waals surface area contributed by atoms with Gasteiger partial charge in [0.1, 0.15) is 0 Å². The van der Waals surface area contributed by atoms with Gasteiger partial charge in [0.2, 0.25) is 0 Å². The summed E-state index contributed by atoms with van der Waals surface area (Å²) in [4.78, 5) is 2.11. The lowest BCUT2D eigenvalue weighted by atomic mass is 10.0. The van der Waals surface area contributed by atoms with Crippen LogP contribution in [-0.4, -0.2) is 25.5 Å². The van der Waals surface area contributed by atoms with Crippen molar-refractivity contribution in [3.05, 3.63) is 34.9 Å². The van der Waals surface area contributed by atoms with Crippen molar-refractivity contribution >= 4 is 0 Å². The van der Waals surface area contributed by atoms with Crippen LogP contribution in [-0.2, 0) is 0 Å². The Labute approximate surface area is 86.7 Å². The van der Waals surface area contributed by atoms with Crippen LogP contribution < -0.4 is 5.73 Å². The van der Waals surface area contributed by atoms with Crippen molar-refractivity contribution in [3.8, 4) is 0 Å². The molecule has 0 spiro atoms. The van der Waals surface area contributed by atoms with Gasteiger partial charge in [-0.1, -0.05) is 18.2 Å². The van der Waals surface area contributed by atoms with E-state index in [0.717, 1.165) is 6.54 Å². The molecule has 0 saturated carbocycles. The Hall–Kier alpha value is -0.860. The lowest BCUT2D eigenvalue weighted by Crippen LogP contribution is -2.26. The Kier molecular flexibility index (Phi) is 3.67. The molecule has 0 fully saturated rings. The second-order valence-corrected chi connectivity index (χ2v) is 4.21. The summed E-state index contributed by atoms with van der Waals surface area (Å²) in [5, 5.41) is 0. The molecule has 0 aromatic heterocycles. The predicted molar refractivity (Wildman–Crippen MR) is 61.4 cm³/mol. The molecule has 1 atom stereocenters. The highest BCUT2D eigenvalue weighted by Gasteiger charge is 2.07. The van der Waals surface area contributed by atoms with Crippen molar-refractivity contribution in [2.45, 2.75) is 19.9 Å². The van der Waals surface area contributed by atoms with E-state index < -0.39 is 0 Å². The fraction of sp³-hybridized carbons (Fsp3) is 0.500. The van der Waals surface area contributed by atoms with Crippen molar-refractivity contribution in [1.29, 1.82) is 0 Å². The van der Waals surface area contributed by atoms with Crippen molar-refractivity contribution in [1.82, 2.24) is 4.90 Å². The van der Waals surface area contributed by atoms with E-state index >= 15 is 0 Å². The Morgan fingerprint density at radius 1 is 1.21 bits per heavy atom. The molecule has 0 amide bonds. The summed E-state index contributed by atoms with van der Waals surface area (Å²) in [7, 11) is 4.09. The highest BCUT2D eigenvalue weighted by atomic mass is 15.1.